The van der Waals surface area contributed by atoms with Crippen LogP contribution in [0.15, 0.2) is 42.5 Å². The molecule has 1 aliphatic heterocycles. The maximum absolute atomic E-state index is 13.2. The molecule has 4 rings (SSSR count). The normalized spacial score (nSPS) is 13.7. The molecule has 0 aliphatic carbocycles. The lowest BCUT2D eigenvalue weighted by Gasteiger charge is -2.26. The molecular formula is C27H30ClFN6O3. The number of anilines is 2. The lowest BCUT2D eigenvalue weighted by atomic mass is 10.1. The minimum absolute atomic E-state index is 0.00294. The molecule has 0 atom stereocenters. The lowest BCUT2D eigenvalue weighted by molar-refractivity contribution is 0.0929. The van der Waals surface area contributed by atoms with Crippen LogP contribution in [0.3, 0.4) is 0 Å². The predicted molar refractivity (Wildman–Crippen MR) is 144 cm³/mol. The number of carbonyl (C=O) groups excluding carboxylic acids is 3. The van der Waals surface area contributed by atoms with Crippen molar-refractivity contribution in [3.05, 3.63) is 76.1 Å². The van der Waals surface area contributed by atoms with Crippen molar-refractivity contribution < 1.29 is 18.8 Å². The molecule has 3 aromatic rings. The van der Waals surface area contributed by atoms with Crippen molar-refractivity contribution in [1.82, 2.24) is 20.2 Å². The van der Waals surface area contributed by atoms with Gasteiger partial charge in [-0.25, -0.2) is 9.37 Å². The summed E-state index contributed by atoms with van der Waals surface area (Å²) in [4.78, 5) is 47.9. The van der Waals surface area contributed by atoms with Gasteiger partial charge in [0.05, 0.1) is 10.6 Å². The maximum Gasteiger partial charge on any atom is 0.276 e. The van der Waals surface area contributed by atoms with E-state index in [1.807, 2.05) is 6.92 Å². The second-order valence-corrected chi connectivity index (χ2v) is 9.44. The highest BCUT2D eigenvalue weighted by Crippen LogP contribution is 2.20. The van der Waals surface area contributed by atoms with E-state index < -0.39 is 17.6 Å². The number of carbonyl (C=O) groups is 3. The van der Waals surface area contributed by atoms with Crippen LogP contribution in [0.4, 0.5) is 15.8 Å². The second kappa shape index (κ2) is 12.7. The van der Waals surface area contributed by atoms with Gasteiger partial charge in [-0.2, -0.15) is 0 Å². The molecule has 4 N–H and O–H groups in total. The number of piperidine rings is 1. The third-order valence-electron chi connectivity index (χ3n) is 6.27. The number of aromatic nitrogens is 2. The van der Waals surface area contributed by atoms with Crippen LogP contribution in [-0.2, 0) is 6.42 Å². The van der Waals surface area contributed by atoms with Gasteiger partial charge in [-0.05, 0) is 68.4 Å². The zero-order chi connectivity index (χ0) is 27.1. The van der Waals surface area contributed by atoms with E-state index in [-0.39, 0.29) is 27.9 Å². The predicted octanol–water partition coefficient (Wildman–Crippen LogP) is 4.48. The summed E-state index contributed by atoms with van der Waals surface area (Å²) in [6.45, 7) is 5.20. The molecular weight excluding hydrogens is 511 g/mol. The summed E-state index contributed by atoms with van der Waals surface area (Å²) in [5.41, 5.74) is 1.18. The fourth-order valence-electron chi connectivity index (χ4n) is 4.22. The minimum atomic E-state index is -0.535. The lowest BCUT2D eigenvalue weighted by Crippen LogP contribution is -2.38. The van der Waals surface area contributed by atoms with Crippen molar-refractivity contribution in [2.45, 2.75) is 32.6 Å². The van der Waals surface area contributed by atoms with Crippen molar-refractivity contribution in [1.29, 1.82) is 0 Å². The summed E-state index contributed by atoms with van der Waals surface area (Å²) in [6, 6.07) is 9.93. The largest absolute Gasteiger partial charge is 0.349 e. The Bertz CT molecular complexity index is 1300. The number of hydrogen-bond donors (Lipinski definition) is 4. The molecule has 0 spiro atoms. The van der Waals surface area contributed by atoms with Crippen LogP contribution in [0.5, 0.6) is 0 Å². The molecule has 0 saturated carbocycles. The smallest absolute Gasteiger partial charge is 0.276 e. The molecule has 2 heterocycles. The van der Waals surface area contributed by atoms with E-state index in [0.29, 0.717) is 30.2 Å². The summed E-state index contributed by atoms with van der Waals surface area (Å²) < 4.78 is 13.2. The van der Waals surface area contributed by atoms with Gasteiger partial charge in [-0.3, -0.25) is 14.4 Å². The number of aromatic amines is 1. The van der Waals surface area contributed by atoms with Crippen molar-refractivity contribution >= 4 is 40.7 Å². The van der Waals surface area contributed by atoms with Gasteiger partial charge in [0, 0.05) is 30.9 Å². The SMILES string of the molecule is CCc1nc(C(=O)Nc2ccc(NC(=O)c3ccc(F)cc3Cl)cc2)c(C(=O)NCCN2CCCCC2)[nH]1. The maximum atomic E-state index is 13.2. The molecule has 11 heteroatoms. The van der Waals surface area contributed by atoms with E-state index in [1.165, 1.54) is 25.3 Å². The number of hydrogen-bond acceptors (Lipinski definition) is 5. The molecule has 1 fully saturated rings. The quantitative estimate of drug-likeness (QED) is 0.319. The topological polar surface area (TPSA) is 119 Å². The molecule has 200 valence electrons. The number of halogens is 2. The van der Waals surface area contributed by atoms with Crippen molar-refractivity contribution in [2.24, 2.45) is 0 Å². The van der Waals surface area contributed by atoms with E-state index >= 15 is 0 Å². The molecule has 0 radical (unpaired) electrons. The fourth-order valence-corrected chi connectivity index (χ4v) is 4.47. The molecule has 0 unspecified atom stereocenters. The van der Waals surface area contributed by atoms with Crippen molar-refractivity contribution in [3.8, 4) is 0 Å². The number of benzene rings is 2. The van der Waals surface area contributed by atoms with Crippen LogP contribution in [0.1, 0.15) is 63.3 Å². The Morgan fingerprint density at radius 2 is 1.63 bits per heavy atom. The highest BCUT2D eigenvalue weighted by atomic mass is 35.5. The summed E-state index contributed by atoms with van der Waals surface area (Å²) in [5.74, 6) is -1.40. The molecule has 3 amide bonds. The van der Waals surface area contributed by atoms with Gasteiger partial charge >= 0.3 is 0 Å². The number of likely N-dealkylation sites (tertiary alicyclic amines) is 1. The molecule has 1 aliphatic rings. The Kier molecular flexibility index (Phi) is 9.09. The van der Waals surface area contributed by atoms with Gasteiger partial charge in [-0.15, -0.1) is 0 Å². The van der Waals surface area contributed by atoms with Crippen LogP contribution in [0.2, 0.25) is 5.02 Å². The molecule has 38 heavy (non-hydrogen) atoms. The Morgan fingerprint density at radius 1 is 0.974 bits per heavy atom. The van der Waals surface area contributed by atoms with E-state index in [4.69, 9.17) is 11.6 Å². The zero-order valence-corrected chi connectivity index (χ0v) is 21.8. The molecule has 1 aromatic heterocycles. The van der Waals surface area contributed by atoms with Gasteiger partial charge in [-0.1, -0.05) is 24.9 Å². The van der Waals surface area contributed by atoms with Gasteiger partial charge in [0.15, 0.2) is 5.69 Å². The van der Waals surface area contributed by atoms with Crippen LogP contribution in [0.25, 0.3) is 0 Å². The first kappa shape index (κ1) is 27.3. The number of amides is 3. The highest BCUT2D eigenvalue weighted by Gasteiger charge is 2.23. The molecule has 2 aromatic carbocycles. The summed E-state index contributed by atoms with van der Waals surface area (Å²) in [6.07, 6.45) is 4.13. The monoisotopic (exact) mass is 540 g/mol. The summed E-state index contributed by atoms with van der Waals surface area (Å²) in [7, 11) is 0. The van der Waals surface area contributed by atoms with Crippen molar-refractivity contribution in [2.75, 3.05) is 36.8 Å². The third kappa shape index (κ3) is 6.96. The Balaban J connectivity index is 1.37. The Morgan fingerprint density at radius 3 is 2.26 bits per heavy atom. The second-order valence-electron chi connectivity index (χ2n) is 9.03. The average Bonchev–Trinajstić information content (AvgIpc) is 3.35. The van der Waals surface area contributed by atoms with E-state index in [9.17, 15) is 18.8 Å². The number of H-pyrrole nitrogens is 1. The van der Waals surface area contributed by atoms with Gasteiger partial charge in [0.1, 0.15) is 17.3 Å². The number of nitrogens with zero attached hydrogens (tertiary/aromatic N) is 2. The van der Waals surface area contributed by atoms with Gasteiger partial charge in [0.25, 0.3) is 17.7 Å². The highest BCUT2D eigenvalue weighted by molar-refractivity contribution is 6.34. The average molecular weight is 541 g/mol. The van der Waals surface area contributed by atoms with Crippen molar-refractivity contribution in [3.63, 3.8) is 0 Å². The summed E-state index contributed by atoms with van der Waals surface area (Å²) in [5, 5.41) is 8.31. The minimum Gasteiger partial charge on any atom is -0.349 e. The Labute approximate surface area is 225 Å². The molecule has 1 saturated heterocycles. The number of rotatable bonds is 9. The van der Waals surface area contributed by atoms with E-state index in [0.717, 1.165) is 31.8 Å². The van der Waals surface area contributed by atoms with E-state index in [2.05, 4.69) is 30.8 Å². The van der Waals surface area contributed by atoms with Crippen LogP contribution < -0.4 is 16.0 Å². The first-order valence-corrected chi connectivity index (χ1v) is 13.0. The fraction of sp³-hybridized carbons (Fsp3) is 0.333. The van der Waals surface area contributed by atoms with Crippen LogP contribution in [-0.4, -0.2) is 58.8 Å². The van der Waals surface area contributed by atoms with E-state index in [1.54, 1.807) is 24.3 Å². The van der Waals surface area contributed by atoms with Crippen LogP contribution >= 0.6 is 11.6 Å². The standard InChI is InChI=1S/C27H30ClFN6O3/c1-2-22-33-23(26(37)30-12-15-35-13-4-3-5-14-35)24(34-22)27(38)32-19-9-7-18(8-10-19)31-25(36)20-11-6-17(29)16-21(20)28/h6-11,16H,2-5,12-15H2,1H3,(H,30,37)(H,31,36)(H,32,38)(H,33,34). The first-order valence-electron chi connectivity index (χ1n) is 12.6. The third-order valence-corrected chi connectivity index (χ3v) is 6.58. The Hall–Kier alpha value is -3.76. The molecule has 0 bridgehead atoms. The first-order chi connectivity index (χ1) is 18.3. The summed E-state index contributed by atoms with van der Waals surface area (Å²) >= 11 is 5.95. The molecule has 9 nitrogen and oxygen atoms in total. The number of nitrogens with one attached hydrogen (secondary N) is 4. The van der Waals surface area contributed by atoms with Gasteiger partial charge < -0.3 is 25.8 Å². The number of imidazole rings is 1. The number of aryl methyl sites for hydroxylation is 1. The zero-order valence-electron chi connectivity index (χ0n) is 21.1. The van der Waals surface area contributed by atoms with Gasteiger partial charge in [0.2, 0.25) is 0 Å². The van der Waals surface area contributed by atoms with Crippen LogP contribution in [0, 0.1) is 5.82 Å².